The van der Waals surface area contributed by atoms with E-state index < -0.39 is 6.04 Å². The maximum Gasteiger partial charge on any atom is 0.239 e. The van der Waals surface area contributed by atoms with Crippen molar-refractivity contribution in [2.75, 3.05) is 57.8 Å². The number of hydrogen-bond acceptors (Lipinski definition) is 6. The normalized spacial score (nSPS) is 17.9. The zero-order chi connectivity index (χ0) is 29.6. The van der Waals surface area contributed by atoms with E-state index in [4.69, 9.17) is 23.1 Å². The molecule has 2 heterocycles. The minimum absolute atomic E-state index is 0.0931. The summed E-state index contributed by atoms with van der Waals surface area (Å²) in [5.74, 6) is -0.0644. The number of nitrogen functional groups attached to an aromatic ring is 1. The molecule has 224 valence electrons. The van der Waals surface area contributed by atoms with Crippen LogP contribution in [-0.4, -0.2) is 78.7 Å². The summed E-state index contributed by atoms with van der Waals surface area (Å²) in [5.41, 5.74) is 17.0. The molecule has 6 nitrogen and oxygen atoms in total. The lowest BCUT2D eigenvalue weighted by Crippen LogP contribution is -2.55. The van der Waals surface area contributed by atoms with Gasteiger partial charge in [0.2, 0.25) is 5.91 Å². The molecule has 1 atom stereocenters. The summed E-state index contributed by atoms with van der Waals surface area (Å²) >= 11 is 8.11. The van der Waals surface area contributed by atoms with Crippen molar-refractivity contribution in [3.63, 3.8) is 0 Å². The van der Waals surface area contributed by atoms with Gasteiger partial charge in [-0.3, -0.25) is 9.69 Å². The molecular weight excluding hydrogens is 569 g/mol. The van der Waals surface area contributed by atoms with E-state index in [1.54, 1.807) is 17.8 Å². The third-order valence-corrected chi connectivity index (χ3v) is 9.76. The molecule has 2 aliphatic heterocycles. The van der Waals surface area contributed by atoms with Crippen LogP contribution in [0, 0.1) is 11.7 Å². The Morgan fingerprint density at radius 1 is 0.976 bits per heavy atom. The molecular formula is C33H41ClFN5OS. The van der Waals surface area contributed by atoms with E-state index in [0.29, 0.717) is 10.7 Å². The maximum absolute atomic E-state index is 14.0. The number of halogens is 2. The van der Waals surface area contributed by atoms with E-state index in [-0.39, 0.29) is 17.6 Å². The first-order valence-electron chi connectivity index (χ1n) is 14.8. The summed E-state index contributed by atoms with van der Waals surface area (Å²) in [6, 6.07) is 18.4. The van der Waals surface area contributed by atoms with Crippen molar-refractivity contribution in [1.29, 1.82) is 0 Å². The Hall–Kier alpha value is -2.62. The Bertz CT molecular complexity index is 1350. The van der Waals surface area contributed by atoms with Crippen molar-refractivity contribution < 1.29 is 9.18 Å². The molecule has 0 unspecified atom stereocenters. The molecule has 1 amide bonds. The van der Waals surface area contributed by atoms with E-state index in [0.717, 1.165) is 88.3 Å². The number of piperazine rings is 1. The average Bonchev–Trinajstić information content (AvgIpc) is 3.00. The first-order valence-corrected chi connectivity index (χ1v) is 16.4. The number of benzene rings is 3. The van der Waals surface area contributed by atoms with Crippen LogP contribution in [0.3, 0.4) is 0 Å². The molecule has 3 aromatic carbocycles. The van der Waals surface area contributed by atoms with Gasteiger partial charge in [0.25, 0.3) is 0 Å². The number of carbonyl (C=O) groups excluding carboxylic acids is 1. The van der Waals surface area contributed by atoms with Crippen LogP contribution in [0.2, 0.25) is 5.02 Å². The summed E-state index contributed by atoms with van der Waals surface area (Å²) in [7, 11) is 0. The zero-order valence-corrected chi connectivity index (χ0v) is 25.8. The van der Waals surface area contributed by atoms with E-state index >= 15 is 0 Å². The SMILES string of the molecule is CSc1ccccc1CN1CCN(C(=O)[C@H](N)C2CCN(CCc3cc(Cl)ccc3-c3cc(N)cc(F)c3)CC2)CC1. The molecule has 9 heteroatoms. The lowest BCUT2D eigenvalue weighted by Gasteiger charge is -2.39. The molecule has 2 fully saturated rings. The minimum Gasteiger partial charge on any atom is -0.399 e. The van der Waals surface area contributed by atoms with Crippen LogP contribution in [0.5, 0.6) is 0 Å². The van der Waals surface area contributed by atoms with Crippen LogP contribution < -0.4 is 11.5 Å². The van der Waals surface area contributed by atoms with Gasteiger partial charge in [0.1, 0.15) is 5.82 Å². The molecule has 5 rings (SSSR count). The van der Waals surface area contributed by atoms with E-state index in [9.17, 15) is 9.18 Å². The second-order valence-corrected chi connectivity index (χ2v) is 12.7. The van der Waals surface area contributed by atoms with Gasteiger partial charge < -0.3 is 21.3 Å². The fraction of sp³-hybridized carbons (Fsp3) is 0.424. The highest BCUT2D eigenvalue weighted by Gasteiger charge is 2.32. The largest absolute Gasteiger partial charge is 0.399 e. The van der Waals surface area contributed by atoms with Gasteiger partial charge in [0, 0.05) is 54.9 Å². The summed E-state index contributed by atoms with van der Waals surface area (Å²) in [6.45, 7) is 6.76. The Kier molecular flexibility index (Phi) is 10.4. The number of carbonyl (C=O) groups is 1. The monoisotopic (exact) mass is 609 g/mol. The number of piperidine rings is 1. The van der Waals surface area contributed by atoms with Gasteiger partial charge in [-0.1, -0.05) is 35.9 Å². The smallest absolute Gasteiger partial charge is 0.239 e. The van der Waals surface area contributed by atoms with Crippen LogP contribution >= 0.6 is 23.4 Å². The molecule has 2 aliphatic rings. The standard InChI is InChI=1S/C33H41ClFN5OS/c1-42-31-5-3-2-4-25(31)22-39-14-16-40(17-15-39)33(41)32(37)23-8-11-38(12-9-23)13-10-24-18-27(34)6-7-30(24)26-19-28(35)21-29(36)20-26/h2-7,18-21,23,32H,8-17,22,36-37H2,1H3/t32-/m1/s1. The third-order valence-electron chi connectivity index (χ3n) is 8.69. The van der Waals surface area contributed by atoms with Crippen molar-refractivity contribution in [2.45, 2.75) is 36.7 Å². The molecule has 0 radical (unpaired) electrons. The van der Waals surface area contributed by atoms with Crippen LogP contribution in [-0.2, 0) is 17.8 Å². The first kappa shape index (κ1) is 30.8. The minimum atomic E-state index is -0.450. The Morgan fingerprint density at radius 2 is 1.71 bits per heavy atom. The van der Waals surface area contributed by atoms with Crippen LogP contribution in [0.25, 0.3) is 11.1 Å². The fourth-order valence-corrected chi connectivity index (χ4v) is 7.05. The quantitative estimate of drug-likeness (QED) is 0.251. The van der Waals surface area contributed by atoms with Crippen molar-refractivity contribution in [3.05, 3.63) is 82.6 Å². The fourth-order valence-electron chi connectivity index (χ4n) is 6.25. The van der Waals surface area contributed by atoms with Gasteiger partial charge in [-0.05, 0) is 103 Å². The molecule has 0 saturated carbocycles. The molecule has 42 heavy (non-hydrogen) atoms. The van der Waals surface area contributed by atoms with E-state index in [1.807, 2.05) is 23.1 Å². The van der Waals surface area contributed by atoms with Crippen LogP contribution in [0.15, 0.2) is 65.6 Å². The number of thioether (sulfide) groups is 1. The molecule has 4 N–H and O–H groups in total. The molecule has 3 aromatic rings. The summed E-state index contributed by atoms with van der Waals surface area (Å²) < 4.78 is 14.0. The zero-order valence-electron chi connectivity index (χ0n) is 24.3. The molecule has 2 saturated heterocycles. The number of hydrogen-bond donors (Lipinski definition) is 2. The Balaban J connectivity index is 1.09. The topological polar surface area (TPSA) is 78.8 Å². The predicted molar refractivity (Wildman–Crippen MR) is 172 cm³/mol. The van der Waals surface area contributed by atoms with Gasteiger partial charge in [0.15, 0.2) is 0 Å². The van der Waals surface area contributed by atoms with Crippen LogP contribution in [0.4, 0.5) is 10.1 Å². The van der Waals surface area contributed by atoms with E-state index in [2.05, 4.69) is 40.3 Å². The van der Waals surface area contributed by atoms with Crippen molar-refractivity contribution >= 4 is 35.0 Å². The van der Waals surface area contributed by atoms with E-state index in [1.165, 1.54) is 22.6 Å². The number of rotatable bonds is 9. The number of anilines is 1. The molecule has 0 aliphatic carbocycles. The van der Waals surface area contributed by atoms with Gasteiger partial charge in [-0.25, -0.2) is 4.39 Å². The highest BCUT2D eigenvalue weighted by Crippen LogP contribution is 2.30. The van der Waals surface area contributed by atoms with Gasteiger partial charge in [0.05, 0.1) is 6.04 Å². The second kappa shape index (κ2) is 14.2. The van der Waals surface area contributed by atoms with Crippen molar-refractivity contribution in [2.24, 2.45) is 11.7 Å². The number of nitrogens with zero attached hydrogens (tertiary/aromatic N) is 3. The van der Waals surface area contributed by atoms with Crippen LogP contribution in [0.1, 0.15) is 24.0 Å². The molecule has 0 spiro atoms. The first-order chi connectivity index (χ1) is 20.3. The second-order valence-electron chi connectivity index (χ2n) is 11.4. The summed E-state index contributed by atoms with van der Waals surface area (Å²) in [5, 5.41) is 0.659. The van der Waals surface area contributed by atoms with Gasteiger partial charge >= 0.3 is 0 Å². The van der Waals surface area contributed by atoms with Gasteiger partial charge in [-0.15, -0.1) is 11.8 Å². The molecule has 0 bridgehead atoms. The average molecular weight is 610 g/mol. The highest BCUT2D eigenvalue weighted by atomic mass is 35.5. The van der Waals surface area contributed by atoms with Gasteiger partial charge in [-0.2, -0.15) is 0 Å². The number of amides is 1. The lowest BCUT2D eigenvalue weighted by atomic mass is 9.88. The Morgan fingerprint density at radius 3 is 2.43 bits per heavy atom. The Labute approximate surface area is 258 Å². The van der Waals surface area contributed by atoms with Crippen molar-refractivity contribution in [3.8, 4) is 11.1 Å². The third kappa shape index (κ3) is 7.66. The predicted octanol–water partition coefficient (Wildman–Crippen LogP) is 5.38. The summed E-state index contributed by atoms with van der Waals surface area (Å²) in [6.07, 6.45) is 4.71. The number of likely N-dealkylation sites (tertiary alicyclic amines) is 1. The lowest BCUT2D eigenvalue weighted by molar-refractivity contribution is -0.136. The number of nitrogens with two attached hydrogens (primary N) is 2. The highest BCUT2D eigenvalue weighted by molar-refractivity contribution is 7.98. The summed E-state index contributed by atoms with van der Waals surface area (Å²) in [4.78, 5) is 21.5. The molecule has 0 aromatic heterocycles. The van der Waals surface area contributed by atoms with Crippen molar-refractivity contribution in [1.82, 2.24) is 14.7 Å². The maximum atomic E-state index is 14.0.